The normalized spacial score (nSPS) is 19.9. The molecule has 1 fully saturated rings. The smallest absolute Gasteiger partial charge is 0.132 e. The Hall–Kier alpha value is -0.680. The summed E-state index contributed by atoms with van der Waals surface area (Å²) in [7, 11) is 0. The highest BCUT2D eigenvalue weighted by atomic mass is 35.5. The van der Waals surface area contributed by atoms with Gasteiger partial charge in [0, 0.05) is 43.4 Å². The lowest BCUT2D eigenvalue weighted by Crippen LogP contribution is -2.40. The molecule has 1 heterocycles. The lowest BCUT2D eigenvalue weighted by atomic mass is 9.99. The summed E-state index contributed by atoms with van der Waals surface area (Å²) >= 11 is 6.05. The molecule has 0 aromatic heterocycles. The van der Waals surface area contributed by atoms with Gasteiger partial charge in [-0.3, -0.25) is 0 Å². The number of benzene rings is 1. The molecule has 0 bridgehead atoms. The van der Waals surface area contributed by atoms with E-state index in [-0.39, 0.29) is 12.4 Å². The van der Waals surface area contributed by atoms with E-state index in [0.29, 0.717) is 28.6 Å². The Kier molecular flexibility index (Phi) is 6.42. The van der Waals surface area contributed by atoms with Crippen LogP contribution in [-0.4, -0.2) is 42.8 Å². The first-order chi connectivity index (χ1) is 10.1. The Morgan fingerprint density at radius 3 is 3.05 bits per heavy atom. The van der Waals surface area contributed by atoms with Gasteiger partial charge in [0.15, 0.2) is 0 Å². The third-order valence-corrected chi connectivity index (χ3v) is 4.50. The fraction of sp³-hybridized carbons (Fsp3) is 0.625. The molecule has 1 aliphatic heterocycles. The van der Waals surface area contributed by atoms with Crippen molar-refractivity contribution in [3.63, 3.8) is 0 Å². The van der Waals surface area contributed by atoms with E-state index < -0.39 is 0 Å². The Labute approximate surface area is 131 Å². The van der Waals surface area contributed by atoms with Gasteiger partial charge in [0.05, 0.1) is 0 Å². The van der Waals surface area contributed by atoms with E-state index in [2.05, 4.69) is 10.2 Å². The Morgan fingerprint density at radius 1 is 1.48 bits per heavy atom. The van der Waals surface area contributed by atoms with Gasteiger partial charge in [0.25, 0.3) is 0 Å². The van der Waals surface area contributed by atoms with Crippen molar-refractivity contribution < 1.29 is 9.50 Å². The second kappa shape index (κ2) is 8.08. The first kappa shape index (κ1) is 16.7. The van der Waals surface area contributed by atoms with Crippen molar-refractivity contribution in [3.8, 4) is 0 Å². The average molecular weight is 315 g/mol. The topological polar surface area (TPSA) is 35.5 Å². The zero-order valence-electron chi connectivity index (χ0n) is 12.5. The zero-order chi connectivity index (χ0) is 15.2. The van der Waals surface area contributed by atoms with Gasteiger partial charge in [-0.25, -0.2) is 4.39 Å². The zero-order valence-corrected chi connectivity index (χ0v) is 13.3. The highest BCUT2D eigenvalue weighted by Crippen LogP contribution is 2.21. The molecule has 2 rings (SSSR count). The number of aliphatic hydroxyl groups is 1. The van der Waals surface area contributed by atoms with Crippen molar-refractivity contribution in [1.29, 1.82) is 0 Å². The molecule has 0 radical (unpaired) electrons. The minimum absolute atomic E-state index is 0.215. The van der Waals surface area contributed by atoms with Crippen molar-refractivity contribution in [2.45, 2.75) is 26.3 Å². The van der Waals surface area contributed by atoms with Crippen LogP contribution in [0.4, 0.5) is 4.39 Å². The van der Waals surface area contributed by atoms with E-state index in [1.54, 1.807) is 19.1 Å². The Morgan fingerprint density at radius 2 is 2.29 bits per heavy atom. The summed E-state index contributed by atoms with van der Waals surface area (Å²) in [4.78, 5) is 2.35. The number of hydrogen-bond acceptors (Lipinski definition) is 3. The highest BCUT2D eigenvalue weighted by Gasteiger charge is 2.18. The minimum atomic E-state index is -0.215. The van der Waals surface area contributed by atoms with Crippen molar-refractivity contribution >= 4 is 11.6 Å². The third-order valence-electron chi connectivity index (χ3n) is 4.15. The number of nitrogens with zero attached hydrogens (tertiary/aromatic N) is 1. The van der Waals surface area contributed by atoms with Crippen molar-refractivity contribution in [3.05, 3.63) is 34.1 Å². The molecule has 1 aromatic carbocycles. The summed E-state index contributed by atoms with van der Waals surface area (Å²) in [5.41, 5.74) is 1.17. The van der Waals surface area contributed by atoms with Crippen molar-refractivity contribution in [2.24, 2.45) is 5.92 Å². The van der Waals surface area contributed by atoms with Gasteiger partial charge >= 0.3 is 0 Å². The average Bonchev–Trinajstić information content (AvgIpc) is 2.50. The van der Waals surface area contributed by atoms with E-state index in [1.807, 2.05) is 0 Å². The molecular weight excluding hydrogens is 291 g/mol. The predicted octanol–water partition coefficient (Wildman–Crippen LogP) is 2.58. The summed E-state index contributed by atoms with van der Waals surface area (Å²) in [6.07, 6.45) is 2.26. The van der Waals surface area contributed by atoms with Gasteiger partial charge in [0.1, 0.15) is 5.82 Å². The maximum atomic E-state index is 14.0. The lowest BCUT2D eigenvalue weighted by molar-refractivity contribution is 0.121. The largest absolute Gasteiger partial charge is 0.396 e. The molecule has 1 aliphatic rings. The van der Waals surface area contributed by atoms with E-state index in [9.17, 15) is 9.50 Å². The molecule has 0 aliphatic carbocycles. The summed E-state index contributed by atoms with van der Waals surface area (Å²) in [5, 5.41) is 13.0. The van der Waals surface area contributed by atoms with Crippen LogP contribution in [0.15, 0.2) is 12.1 Å². The minimum Gasteiger partial charge on any atom is -0.396 e. The molecule has 5 heteroatoms. The van der Waals surface area contributed by atoms with Crippen molar-refractivity contribution in [2.75, 3.05) is 32.8 Å². The number of aliphatic hydroxyl groups excluding tert-OH is 1. The van der Waals surface area contributed by atoms with Crippen LogP contribution >= 0.6 is 11.6 Å². The second-order valence-corrected chi connectivity index (χ2v) is 6.23. The summed E-state index contributed by atoms with van der Waals surface area (Å²) in [5.74, 6) is 0.190. The number of halogens is 2. The first-order valence-electron chi connectivity index (χ1n) is 7.59. The van der Waals surface area contributed by atoms with Gasteiger partial charge in [0.2, 0.25) is 0 Å². The summed E-state index contributed by atoms with van der Waals surface area (Å²) < 4.78 is 14.0. The highest BCUT2D eigenvalue weighted by molar-refractivity contribution is 6.31. The molecule has 2 N–H and O–H groups in total. The molecule has 1 aromatic rings. The molecular formula is C16H24ClFN2O. The van der Waals surface area contributed by atoms with Crippen LogP contribution in [-0.2, 0) is 6.54 Å². The number of likely N-dealkylation sites (tertiary alicyclic amines) is 1. The number of nitrogens with one attached hydrogen (secondary N) is 1. The molecule has 3 nitrogen and oxygen atoms in total. The van der Waals surface area contributed by atoms with Crippen LogP contribution < -0.4 is 5.32 Å². The molecule has 1 saturated heterocycles. The Balaban J connectivity index is 1.76. The van der Waals surface area contributed by atoms with Gasteiger partial charge in [-0.05, 0) is 43.9 Å². The quantitative estimate of drug-likeness (QED) is 0.792. The van der Waals surface area contributed by atoms with E-state index in [4.69, 9.17) is 11.6 Å². The Bertz CT molecular complexity index is 470. The molecule has 21 heavy (non-hydrogen) atoms. The fourth-order valence-electron chi connectivity index (χ4n) is 2.83. The number of rotatable bonds is 6. The third kappa shape index (κ3) is 4.65. The monoisotopic (exact) mass is 314 g/mol. The molecule has 0 amide bonds. The molecule has 0 spiro atoms. The van der Waals surface area contributed by atoms with Crippen LogP contribution in [0.5, 0.6) is 0 Å². The molecule has 0 unspecified atom stereocenters. The van der Waals surface area contributed by atoms with Crippen LogP contribution in [0.3, 0.4) is 0 Å². The van der Waals surface area contributed by atoms with E-state index >= 15 is 0 Å². The number of hydrogen-bond donors (Lipinski definition) is 2. The fourth-order valence-corrected chi connectivity index (χ4v) is 3.04. The summed E-state index contributed by atoms with van der Waals surface area (Å²) in [6, 6.07) is 3.44. The van der Waals surface area contributed by atoms with Crippen LogP contribution in [0.2, 0.25) is 5.02 Å². The van der Waals surface area contributed by atoms with E-state index in [0.717, 1.165) is 39.0 Å². The maximum Gasteiger partial charge on any atom is 0.132 e. The lowest BCUT2D eigenvalue weighted by Gasteiger charge is -2.31. The molecule has 118 valence electrons. The van der Waals surface area contributed by atoms with Gasteiger partial charge < -0.3 is 15.3 Å². The number of piperidine rings is 1. The van der Waals surface area contributed by atoms with E-state index in [1.165, 1.54) is 0 Å². The maximum absolute atomic E-state index is 14.0. The van der Waals surface area contributed by atoms with Gasteiger partial charge in [-0.2, -0.15) is 0 Å². The standard InChI is InChI=1S/C16H24ClFN2O/c1-12-4-5-15(17)14(16(12)18)9-19-6-8-20-7-2-3-13(10-20)11-21/h4-5,13,19,21H,2-3,6-11H2,1H3/t13-/m0/s1. The van der Waals surface area contributed by atoms with Gasteiger partial charge in [-0.1, -0.05) is 17.7 Å². The number of aryl methyl sites for hydroxylation is 1. The molecule has 0 saturated carbocycles. The van der Waals surface area contributed by atoms with Crippen LogP contribution in [0.25, 0.3) is 0 Å². The van der Waals surface area contributed by atoms with Crippen LogP contribution in [0, 0.1) is 18.7 Å². The summed E-state index contributed by atoms with van der Waals surface area (Å²) in [6.45, 7) is 6.22. The second-order valence-electron chi connectivity index (χ2n) is 5.83. The predicted molar refractivity (Wildman–Crippen MR) is 84.1 cm³/mol. The molecule has 1 atom stereocenters. The first-order valence-corrected chi connectivity index (χ1v) is 7.97. The van der Waals surface area contributed by atoms with Crippen molar-refractivity contribution in [1.82, 2.24) is 10.2 Å². The van der Waals surface area contributed by atoms with Crippen LogP contribution in [0.1, 0.15) is 24.0 Å². The van der Waals surface area contributed by atoms with Gasteiger partial charge in [-0.15, -0.1) is 0 Å². The SMILES string of the molecule is Cc1ccc(Cl)c(CNCCN2CCC[C@H](CO)C2)c1F.